The molecule has 2 heterocycles. The van der Waals surface area contributed by atoms with Crippen molar-refractivity contribution in [3.63, 3.8) is 0 Å². The first-order valence-corrected chi connectivity index (χ1v) is 9.66. The zero-order valence-electron chi connectivity index (χ0n) is 17.4. The molecule has 2 aromatic carbocycles. The van der Waals surface area contributed by atoms with Crippen LogP contribution in [0.4, 0.5) is 5.69 Å². The molecule has 4 aromatic rings. The molecule has 0 unspecified atom stereocenters. The third kappa shape index (κ3) is 4.31. The molecule has 0 radical (unpaired) electrons. The summed E-state index contributed by atoms with van der Waals surface area (Å²) in [4.78, 5) is 25.3. The third-order valence-electron chi connectivity index (χ3n) is 4.69. The molecule has 0 bridgehead atoms. The molecule has 9 heteroatoms. The van der Waals surface area contributed by atoms with E-state index in [-0.39, 0.29) is 5.70 Å². The second-order valence-corrected chi connectivity index (χ2v) is 6.80. The van der Waals surface area contributed by atoms with Gasteiger partial charge in [0.25, 0.3) is 5.91 Å². The fourth-order valence-electron chi connectivity index (χ4n) is 3.04. The number of nitrogens with zero attached hydrogens (tertiary/aromatic N) is 4. The zero-order chi connectivity index (χ0) is 22.5. The summed E-state index contributed by atoms with van der Waals surface area (Å²) in [6.07, 6.45) is 3.04. The van der Waals surface area contributed by atoms with Crippen LogP contribution in [0, 0.1) is 6.92 Å². The van der Waals surface area contributed by atoms with Crippen LogP contribution in [-0.2, 0) is 9.53 Å². The molecular weight excluding hydrogens is 410 g/mol. The van der Waals surface area contributed by atoms with E-state index in [0.29, 0.717) is 22.8 Å². The van der Waals surface area contributed by atoms with Gasteiger partial charge in [0.2, 0.25) is 0 Å². The fraction of sp³-hybridized carbons (Fsp3) is 0.0870. The van der Waals surface area contributed by atoms with Gasteiger partial charge in [-0.25, -0.2) is 4.79 Å². The van der Waals surface area contributed by atoms with Crippen molar-refractivity contribution in [3.8, 4) is 11.4 Å². The predicted octanol–water partition coefficient (Wildman–Crippen LogP) is 3.66. The number of carbonyl (C=O) groups excluding carboxylic acids is 2. The maximum Gasteiger partial charge on any atom is 0.337 e. The normalized spacial score (nSPS) is 11.2. The lowest BCUT2D eigenvalue weighted by molar-refractivity contribution is -0.111. The molecule has 0 saturated carbocycles. The van der Waals surface area contributed by atoms with Crippen molar-refractivity contribution in [2.24, 2.45) is 0 Å². The number of ether oxygens (including phenoxy) is 1. The molecule has 0 spiro atoms. The van der Waals surface area contributed by atoms with Crippen molar-refractivity contribution in [3.05, 3.63) is 83.8 Å². The van der Waals surface area contributed by atoms with Gasteiger partial charge in [0.05, 0.1) is 18.9 Å². The maximum absolute atomic E-state index is 13.4. The van der Waals surface area contributed by atoms with Gasteiger partial charge < -0.3 is 14.5 Å². The molecule has 0 aliphatic carbocycles. The number of furan rings is 1. The number of nitrogens with one attached hydrogen (secondary N) is 1. The smallest absolute Gasteiger partial charge is 0.337 e. The van der Waals surface area contributed by atoms with E-state index >= 15 is 0 Å². The van der Waals surface area contributed by atoms with Crippen molar-refractivity contribution in [1.29, 1.82) is 0 Å². The average molecular weight is 429 g/mol. The van der Waals surface area contributed by atoms with Crippen LogP contribution in [0.3, 0.4) is 0 Å². The van der Waals surface area contributed by atoms with Crippen molar-refractivity contribution in [1.82, 2.24) is 20.2 Å². The number of benzene rings is 2. The second-order valence-electron chi connectivity index (χ2n) is 6.80. The summed E-state index contributed by atoms with van der Waals surface area (Å²) < 4.78 is 11.5. The van der Waals surface area contributed by atoms with Gasteiger partial charge in [-0.2, -0.15) is 4.68 Å². The highest BCUT2D eigenvalue weighted by Gasteiger charge is 2.21. The lowest BCUT2D eigenvalue weighted by Crippen LogP contribution is -2.20. The first-order valence-electron chi connectivity index (χ1n) is 9.66. The van der Waals surface area contributed by atoms with Gasteiger partial charge in [-0.1, -0.05) is 36.4 Å². The molecule has 1 N–H and O–H groups in total. The van der Waals surface area contributed by atoms with E-state index < -0.39 is 11.9 Å². The van der Waals surface area contributed by atoms with Crippen molar-refractivity contribution >= 4 is 29.3 Å². The van der Waals surface area contributed by atoms with Crippen molar-refractivity contribution in [2.75, 3.05) is 12.4 Å². The molecule has 0 aliphatic heterocycles. The van der Waals surface area contributed by atoms with Crippen LogP contribution in [0.15, 0.2) is 71.3 Å². The Morgan fingerprint density at radius 1 is 1.09 bits per heavy atom. The Hall–Kier alpha value is -4.53. The molecule has 4 rings (SSSR count). The number of methoxy groups -OCH3 is 1. The summed E-state index contributed by atoms with van der Waals surface area (Å²) in [5, 5.41) is 14.7. The highest BCUT2D eigenvalue weighted by molar-refractivity contribution is 6.24. The number of rotatable bonds is 6. The molecular formula is C23H19N5O4. The Morgan fingerprint density at radius 3 is 2.62 bits per heavy atom. The molecule has 1 amide bonds. The number of carbonyl (C=O) groups is 2. The maximum atomic E-state index is 13.4. The van der Waals surface area contributed by atoms with Crippen LogP contribution in [0.5, 0.6) is 0 Å². The number of anilines is 1. The van der Waals surface area contributed by atoms with E-state index in [9.17, 15) is 9.59 Å². The number of amides is 1. The zero-order valence-corrected chi connectivity index (χ0v) is 17.4. The number of hydrogen-bond acceptors (Lipinski definition) is 7. The third-order valence-corrected chi connectivity index (χ3v) is 4.69. The molecule has 160 valence electrons. The van der Waals surface area contributed by atoms with Gasteiger partial charge in [0.15, 0.2) is 5.82 Å². The Morgan fingerprint density at radius 2 is 1.91 bits per heavy atom. The Labute approximate surface area is 183 Å². The summed E-state index contributed by atoms with van der Waals surface area (Å²) >= 11 is 0. The summed E-state index contributed by atoms with van der Waals surface area (Å²) in [7, 11) is 1.30. The number of hydrogen-bond donors (Lipinski definition) is 1. The van der Waals surface area contributed by atoms with E-state index in [2.05, 4.69) is 20.8 Å². The first kappa shape index (κ1) is 20.7. The number of tetrazole rings is 1. The topological polar surface area (TPSA) is 112 Å². The number of aromatic nitrogens is 4. The minimum atomic E-state index is -0.501. The summed E-state index contributed by atoms with van der Waals surface area (Å²) in [5.74, 6) is -0.155. The summed E-state index contributed by atoms with van der Waals surface area (Å²) in [6, 6.07) is 17.6. The lowest BCUT2D eigenvalue weighted by atomic mass is 10.1. The number of aryl methyl sites for hydroxylation is 1. The van der Waals surface area contributed by atoms with Crippen LogP contribution < -0.4 is 5.32 Å². The monoisotopic (exact) mass is 429 g/mol. The van der Waals surface area contributed by atoms with Gasteiger partial charge in [-0.3, -0.25) is 4.79 Å². The summed E-state index contributed by atoms with van der Waals surface area (Å²) in [5.41, 5.74) is 2.41. The van der Waals surface area contributed by atoms with Crippen LogP contribution in [0.1, 0.15) is 21.7 Å². The SMILES string of the molecule is COC(=O)c1ccc(C)c(NC(=O)/C(=C/c2ccco2)n2nnnc2-c2ccccc2)c1. The largest absolute Gasteiger partial charge is 0.465 e. The predicted molar refractivity (Wildman–Crippen MR) is 117 cm³/mol. The van der Waals surface area contributed by atoms with Gasteiger partial charge in [-0.05, 0) is 47.2 Å². The number of esters is 1. The molecule has 0 aliphatic rings. The molecule has 32 heavy (non-hydrogen) atoms. The van der Waals surface area contributed by atoms with E-state index in [1.54, 1.807) is 30.3 Å². The van der Waals surface area contributed by atoms with Gasteiger partial charge in [-0.15, -0.1) is 5.10 Å². The standard InChI is InChI=1S/C23H19N5O4/c1-15-10-11-17(23(30)31-2)13-19(15)24-22(29)20(14-18-9-6-12-32-18)28-21(25-26-27-28)16-7-4-3-5-8-16/h3-14H,1-2H3,(H,24,29)/b20-14-. The molecule has 9 nitrogen and oxygen atoms in total. The van der Waals surface area contributed by atoms with Crippen LogP contribution >= 0.6 is 0 Å². The fourth-order valence-corrected chi connectivity index (χ4v) is 3.04. The van der Waals surface area contributed by atoms with E-state index in [1.165, 1.54) is 24.1 Å². The quantitative estimate of drug-likeness (QED) is 0.368. The second kappa shape index (κ2) is 9.09. The van der Waals surface area contributed by atoms with Crippen LogP contribution in [0.2, 0.25) is 0 Å². The van der Waals surface area contributed by atoms with Crippen molar-refractivity contribution in [2.45, 2.75) is 6.92 Å². The Balaban J connectivity index is 1.75. The molecule has 0 fully saturated rings. The van der Waals surface area contributed by atoms with Crippen LogP contribution in [-0.4, -0.2) is 39.2 Å². The molecule has 0 atom stereocenters. The van der Waals surface area contributed by atoms with E-state index in [1.807, 2.05) is 37.3 Å². The Bertz CT molecular complexity index is 1280. The van der Waals surface area contributed by atoms with Gasteiger partial charge >= 0.3 is 5.97 Å². The highest BCUT2D eigenvalue weighted by Crippen LogP contribution is 2.23. The van der Waals surface area contributed by atoms with E-state index in [0.717, 1.165) is 11.1 Å². The highest BCUT2D eigenvalue weighted by atomic mass is 16.5. The Kier molecular flexibility index (Phi) is 5.89. The lowest BCUT2D eigenvalue weighted by Gasteiger charge is -2.13. The minimum Gasteiger partial charge on any atom is -0.465 e. The van der Waals surface area contributed by atoms with Gasteiger partial charge in [0.1, 0.15) is 11.5 Å². The van der Waals surface area contributed by atoms with E-state index in [4.69, 9.17) is 9.15 Å². The first-order chi connectivity index (χ1) is 15.6. The minimum absolute atomic E-state index is 0.131. The van der Waals surface area contributed by atoms with Crippen molar-refractivity contribution < 1.29 is 18.7 Å². The molecule has 2 aromatic heterocycles. The average Bonchev–Trinajstić information content (AvgIpc) is 3.51. The van der Waals surface area contributed by atoms with Gasteiger partial charge in [0, 0.05) is 17.3 Å². The summed E-state index contributed by atoms with van der Waals surface area (Å²) in [6.45, 7) is 1.82. The van der Waals surface area contributed by atoms with Crippen LogP contribution in [0.25, 0.3) is 23.2 Å². The molecule has 0 saturated heterocycles.